The third-order valence-electron chi connectivity index (χ3n) is 3.92. The van der Waals surface area contributed by atoms with Crippen molar-refractivity contribution in [3.05, 3.63) is 42.1 Å². The molecule has 1 aromatic heterocycles. The van der Waals surface area contributed by atoms with Crippen LogP contribution in [-0.4, -0.2) is 41.3 Å². The third kappa shape index (κ3) is 3.26. The average Bonchev–Trinajstić information content (AvgIpc) is 2.88. The van der Waals surface area contributed by atoms with Gasteiger partial charge in [0.25, 0.3) is 0 Å². The van der Waals surface area contributed by atoms with Crippen LogP contribution in [0.5, 0.6) is 0 Å². The maximum Gasteiger partial charge on any atom is 0.324 e. The van der Waals surface area contributed by atoms with E-state index >= 15 is 0 Å². The van der Waals surface area contributed by atoms with E-state index in [0.717, 1.165) is 23.6 Å². The van der Waals surface area contributed by atoms with Crippen LogP contribution in [0.25, 0.3) is 0 Å². The SMILES string of the molecule is CC(C)c1ccc(Nc2cccc(N3CCN(C)C3=O)c2)nn1. The van der Waals surface area contributed by atoms with Gasteiger partial charge in [-0.05, 0) is 36.2 Å². The van der Waals surface area contributed by atoms with Gasteiger partial charge < -0.3 is 10.2 Å². The monoisotopic (exact) mass is 311 g/mol. The minimum atomic E-state index is 0.0308. The highest BCUT2D eigenvalue weighted by Gasteiger charge is 2.26. The molecule has 2 amide bonds. The molecule has 0 atom stereocenters. The van der Waals surface area contributed by atoms with Crippen molar-refractivity contribution in [2.45, 2.75) is 19.8 Å². The first-order chi connectivity index (χ1) is 11.0. The molecule has 6 nitrogen and oxygen atoms in total. The fourth-order valence-corrected chi connectivity index (χ4v) is 2.50. The normalized spacial score (nSPS) is 14.7. The zero-order chi connectivity index (χ0) is 16.4. The molecule has 1 fully saturated rings. The summed E-state index contributed by atoms with van der Waals surface area (Å²) < 4.78 is 0. The highest BCUT2D eigenvalue weighted by Crippen LogP contribution is 2.24. The molecule has 0 unspecified atom stereocenters. The molecule has 0 saturated carbocycles. The van der Waals surface area contributed by atoms with E-state index < -0.39 is 0 Å². The van der Waals surface area contributed by atoms with E-state index in [1.54, 1.807) is 9.80 Å². The molecule has 2 aromatic rings. The maximum absolute atomic E-state index is 12.1. The van der Waals surface area contributed by atoms with E-state index in [2.05, 4.69) is 29.4 Å². The van der Waals surface area contributed by atoms with Crippen LogP contribution in [0.2, 0.25) is 0 Å². The Hall–Kier alpha value is -2.63. The molecule has 3 rings (SSSR count). The van der Waals surface area contributed by atoms with Crippen molar-refractivity contribution in [1.29, 1.82) is 0 Å². The smallest absolute Gasteiger partial charge is 0.324 e. The van der Waals surface area contributed by atoms with Gasteiger partial charge in [-0.25, -0.2) is 4.79 Å². The van der Waals surface area contributed by atoms with E-state index in [1.807, 2.05) is 43.4 Å². The molecule has 0 radical (unpaired) electrons. The largest absolute Gasteiger partial charge is 0.339 e. The Balaban J connectivity index is 1.76. The van der Waals surface area contributed by atoms with Gasteiger partial charge >= 0.3 is 6.03 Å². The molecule has 1 aliphatic rings. The van der Waals surface area contributed by atoms with Crippen molar-refractivity contribution in [3.63, 3.8) is 0 Å². The molecule has 1 N–H and O–H groups in total. The van der Waals surface area contributed by atoms with Crippen molar-refractivity contribution in [2.24, 2.45) is 0 Å². The molecule has 1 aromatic carbocycles. The molecule has 2 heterocycles. The fraction of sp³-hybridized carbons (Fsp3) is 0.353. The number of likely N-dealkylation sites (N-methyl/N-ethyl adjacent to an activating group) is 1. The quantitative estimate of drug-likeness (QED) is 0.942. The summed E-state index contributed by atoms with van der Waals surface area (Å²) in [6.45, 7) is 5.63. The molecule has 1 saturated heterocycles. The Labute approximate surface area is 136 Å². The summed E-state index contributed by atoms with van der Waals surface area (Å²) in [5, 5.41) is 11.6. The number of anilines is 3. The van der Waals surface area contributed by atoms with Crippen LogP contribution < -0.4 is 10.2 Å². The predicted molar refractivity (Wildman–Crippen MR) is 91.2 cm³/mol. The fourth-order valence-electron chi connectivity index (χ4n) is 2.50. The van der Waals surface area contributed by atoms with Crippen LogP contribution in [0.3, 0.4) is 0 Å². The molecule has 0 bridgehead atoms. The lowest BCUT2D eigenvalue weighted by molar-refractivity contribution is 0.229. The standard InChI is InChI=1S/C17H21N5O/c1-12(2)15-7-8-16(20-19-15)18-13-5-4-6-14(11-13)22-10-9-21(3)17(22)23/h4-8,11-12H,9-10H2,1-3H3,(H,18,20). The predicted octanol–water partition coefficient (Wildman–Crippen LogP) is 3.22. The van der Waals surface area contributed by atoms with Crippen LogP contribution >= 0.6 is 0 Å². The number of aromatic nitrogens is 2. The van der Waals surface area contributed by atoms with Crippen molar-refractivity contribution >= 4 is 23.2 Å². The highest BCUT2D eigenvalue weighted by molar-refractivity contribution is 5.94. The summed E-state index contributed by atoms with van der Waals surface area (Å²) >= 11 is 0. The van der Waals surface area contributed by atoms with Gasteiger partial charge in [0.15, 0.2) is 5.82 Å². The molecule has 6 heteroatoms. The lowest BCUT2D eigenvalue weighted by atomic mass is 10.1. The lowest BCUT2D eigenvalue weighted by Gasteiger charge is -2.17. The van der Waals surface area contributed by atoms with E-state index in [-0.39, 0.29) is 6.03 Å². The number of hydrogen-bond acceptors (Lipinski definition) is 4. The van der Waals surface area contributed by atoms with Gasteiger partial charge in [-0.15, -0.1) is 5.10 Å². The first-order valence-electron chi connectivity index (χ1n) is 7.78. The Bertz CT molecular complexity index is 698. The van der Waals surface area contributed by atoms with Gasteiger partial charge in [0.1, 0.15) is 0 Å². The van der Waals surface area contributed by atoms with Crippen molar-refractivity contribution < 1.29 is 4.79 Å². The number of nitrogens with one attached hydrogen (secondary N) is 1. The maximum atomic E-state index is 12.1. The minimum Gasteiger partial charge on any atom is -0.339 e. The van der Waals surface area contributed by atoms with Gasteiger partial charge in [0.2, 0.25) is 0 Å². The topological polar surface area (TPSA) is 61.4 Å². The van der Waals surface area contributed by atoms with Crippen molar-refractivity contribution in [2.75, 3.05) is 30.4 Å². The number of urea groups is 1. The van der Waals surface area contributed by atoms with E-state index in [1.165, 1.54) is 0 Å². The van der Waals surface area contributed by atoms with Crippen LogP contribution in [0.15, 0.2) is 36.4 Å². The zero-order valence-corrected chi connectivity index (χ0v) is 13.7. The number of benzene rings is 1. The summed E-state index contributed by atoms with van der Waals surface area (Å²) in [7, 11) is 1.82. The molecule has 23 heavy (non-hydrogen) atoms. The Morgan fingerprint density at radius 2 is 1.96 bits per heavy atom. The van der Waals surface area contributed by atoms with Crippen LogP contribution in [0.1, 0.15) is 25.5 Å². The first kappa shape index (κ1) is 15.3. The van der Waals surface area contributed by atoms with Crippen LogP contribution in [0.4, 0.5) is 22.0 Å². The number of rotatable bonds is 4. The molecular weight excluding hydrogens is 290 g/mol. The van der Waals surface area contributed by atoms with Gasteiger partial charge in [-0.3, -0.25) is 4.90 Å². The van der Waals surface area contributed by atoms with E-state index in [4.69, 9.17) is 0 Å². The summed E-state index contributed by atoms with van der Waals surface area (Å²) in [5.41, 5.74) is 2.74. The van der Waals surface area contributed by atoms with E-state index in [0.29, 0.717) is 18.3 Å². The van der Waals surface area contributed by atoms with Gasteiger partial charge in [0.05, 0.1) is 5.69 Å². The summed E-state index contributed by atoms with van der Waals surface area (Å²) in [6.07, 6.45) is 0. The summed E-state index contributed by atoms with van der Waals surface area (Å²) in [4.78, 5) is 15.6. The molecule has 0 aliphatic carbocycles. The third-order valence-corrected chi connectivity index (χ3v) is 3.92. The van der Waals surface area contributed by atoms with E-state index in [9.17, 15) is 4.79 Å². The summed E-state index contributed by atoms with van der Waals surface area (Å²) in [5.74, 6) is 1.05. The van der Waals surface area contributed by atoms with Gasteiger partial charge in [-0.2, -0.15) is 5.10 Å². The molecule has 120 valence electrons. The second kappa shape index (κ2) is 6.24. The zero-order valence-electron chi connectivity index (χ0n) is 13.7. The highest BCUT2D eigenvalue weighted by atomic mass is 16.2. The number of nitrogens with zero attached hydrogens (tertiary/aromatic N) is 4. The molecule has 0 spiro atoms. The molecule has 1 aliphatic heterocycles. The Morgan fingerprint density at radius 3 is 2.57 bits per heavy atom. The lowest BCUT2D eigenvalue weighted by Crippen LogP contribution is -2.29. The van der Waals surface area contributed by atoms with Gasteiger partial charge in [0, 0.05) is 31.5 Å². The van der Waals surface area contributed by atoms with Gasteiger partial charge in [-0.1, -0.05) is 19.9 Å². The van der Waals surface area contributed by atoms with Crippen LogP contribution in [0, 0.1) is 0 Å². The number of carbonyl (C=O) groups is 1. The number of carbonyl (C=O) groups excluding carboxylic acids is 1. The summed E-state index contributed by atoms with van der Waals surface area (Å²) in [6, 6.07) is 11.7. The Morgan fingerprint density at radius 1 is 1.13 bits per heavy atom. The number of amides is 2. The average molecular weight is 311 g/mol. The van der Waals surface area contributed by atoms with Crippen LogP contribution in [-0.2, 0) is 0 Å². The minimum absolute atomic E-state index is 0.0308. The molecular formula is C17H21N5O. The Kier molecular flexibility index (Phi) is 4.14. The van der Waals surface area contributed by atoms with Crippen molar-refractivity contribution in [1.82, 2.24) is 15.1 Å². The van der Waals surface area contributed by atoms with Crippen molar-refractivity contribution in [3.8, 4) is 0 Å². The number of hydrogen-bond donors (Lipinski definition) is 1. The second-order valence-corrected chi connectivity index (χ2v) is 6.03. The second-order valence-electron chi connectivity index (χ2n) is 6.03. The first-order valence-corrected chi connectivity index (χ1v) is 7.78.